The average molecular weight is 261 g/mol. The molecule has 2 fully saturated rings. The Kier molecular flexibility index (Phi) is 4.41. The van der Waals surface area contributed by atoms with Gasteiger partial charge in [0.1, 0.15) is 0 Å². The zero-order chi connectivity index (χ0) is 12.3. The van der Waals surface area contributed by atoms with E-state index < -0.39 is 10.2 Å². The Bertz CT molecular complexity index is 339. The van der Waals surface area contributed by atoms with Gasteiger partial charge in [-0.3, -0.25) is 0 Å². The number of nitrogens with one attached hydrogen (secondary N) is 2. The van der Waals surface area contributed by atoms with Crippen LogP contribution in [0.3, 0.4) is 0 Å². The van der Waals surface area contributed by atoms with Crippen molar-refractivity contribution in [3.63, 3.8) is 0 Å². The molecule has 2 aliphatic rings. The highest BCUT2D eigenvalue weighted by atomic mass is 32.2. The summed E-state index contributed by atoms with van der Waals surface area (Å²) in [4.78, 5) is 0. The summed E-state index contributed by atoms with van der Waals surface area (Å²) in [6.07, 6.45) is 5.07. The molecule has 2 atom stereocenters. The van der Waals surface area contributed by atoms with Crippen molar-refractivity contribution in [1.29, 1.82) is 0 Å². The molecular weight excluding hydrogens is 238 g/mol. The minimum absolute atomic E-state index is 0.159. The van der Waals surface area contributed by atoms with Gasteiger partial charge in [0.15, 0.2) is 0 Å². The zero-order valence-electron chi connectivity index (χ0n) is 10.5. The third-order valence-corrected chi connectivity index (χ3v) is 5.29. The van der Waals surface area contributed by atoms with Crippen LogP contribution in [-0.2, 0) is 10.2 Å². The highest BCUT2D eigenvalue weighted by molar-refractivity contribution is 7.87. The van der Waals surface area contributed by atoms with Gasteiger partial charge in [-0.2, -0.15) is 12.7 Å². The molecule has 2 saturated heterocycles. The Hall–Kier alpha value is -0.170. The fraction of sp³-hybridized carbons (Fsp3) is 1.00. The third kappa shape index (κ3) is 2.99. The van der Waals surface area contributed by atoms with Crippen molar-refractivity contribution in [2.24, 2.45) is 0 Å². The summed E-state index contributed by atoms with van der Waals surface area (Å²) in [5.74, 6) is 0. The standard InChI is InChI=1S/C11H23N3O2S/c1-2-7-13-17(15,16)14-9-4-6-11(14)10-5-3-8-12-10/h10-13H,2-9H2,1H3. The Morgan fingerprint density at radius 1 is 1.35 bits per heavy atom. The van der Waals surface area contributed by atoms with Gasteiger partial charge in [0.05, 0.1) is 0 Å². The first-order valence-corrected chi connectivity index (χ1v) is 8.09. The second kappa shape index (κ2) is 5.65. The van der Waals surface area contributed by atoms with Crippen molar-refractivity contribution in [1.82, 2.24) is 14.3 Å². The van der Waals surface area contributed by atoms with Gasteiger partial charge < -0.3 is 5.32 Å². The average Bonchev–Trinajstić information content (AvgIpc) is 2.95. The summed E-state index contributed by atoms with van der Waals surface area (Å²) in [6.45, 7) is 4.20. The quantitative estimate of drug-likeness (QED) is 0.755. The van der Waals surface area contributed by atoms with Crippen molar-refractivity contribution in [2.75, 3.05) is 19.6 Å². The van der Waals surface area contributed by atoms with Gasteiger partial charge in [-0.1, -0.05) is 6.92 Å². The van der Waals surface area contributed by atoms with Gasteiger partial charge in [-0.25, -0.2) is 4.72 Å². The van der Waals surface area contributed by atoms with Crippen LogP contribution in [0.25, 0.3) is 0 Å². The number of hydrogen-bond acceptors (Lipinski definition) is 3. The van der Waals surface area contributed by atoms with E-state index in [0.717, 1.165) is 38.6 Å². The minimum Gasteiger partial charge on any atom is -0.312 e. The molecule has 2 heterocycles. The van der Waals surface area contributed by atoms with Crippen LogP contribution in [0, 0.1) is 0 Å². The van der Waals surface area contributed by atoms with Crippen LogP contribution < -0.4 is 10.0 Å². The molecule has 17 heavy (non-hydrogen) atoms. The lowest BCUT2D eigenvalue weighted by Gasteiger charge is -2.28. The summed E-state index contributed by atoms with van der Waals surface area (Å²) in [5.41, 5.74) is 0. The maximum absolute atomic E-state index is 12.1. The SMILES string of the molecule is CCCNS(=O)(=O)N1CCCC1C1CCCN1. The molecule has 0 aromatic rings. The molecule has 0 spiro atoms. The van der Waals surface area contributed by atoms with Crippen LogP contribution in [0.1, 0.15) is 39.0 Å². The first-order valence-electron chi connectivity index (χ1n) is 6.65. The molecule has 5 nitrogen and oxygen atoms in total. The fourth-order valence-electron chi connectivity index (χ4n) is 2.82. The first-order chi connectivity index (χ1) is 8.15. The smallest absolute Gasteiger partial charge is 0.279 e. The van der Waals surface area contributed by atoms with E-state index in [2.05, 4.69) is 10.0 Å². The van der Waals surface area contributed by atoms with Crippen molar-refractivity contribution >= 4 is 10.2 Å². The van der Waals surface area contributed by atoms with Crippen LogP contribution in [0.15, 0.2) is 0 Å². The topological polar surface area (TPSA) is 61.4 Å². The lowest BCUT2D eigenvalue weighted by Crippen LogP contribution is -2.50. The van der Waals surface area contributed by atoms with Gasteiger partial charge in [0.25, 0.3) is 10.2 Å². The van der Waals surface area contributed by atoms with E-state index in [0.29, 0.717) is 19.1 Å². The summed E-state index contributed by atoms with van der Waals surface area (Å²) >= 11 is 0. The molecule has 2 rings (SSSR count). The van der Waals surface area contributed by atoms with Crippen molar-refractivity contribution in [2.45, 2.75) is 51.1 Å². The predicted octanol–water partition coefficient (Wildman–Crippen LogP) is 0.447. The molecule has 0 saturated carbocycles. The normalized spacial score (nSPS) is 31.1. The van der Waals surface area contributed by atoms with E-state index >= 15 is 0 Å². The molecular formula is C11H23N3O2S. The largest absolute Gasteiger partial charge is 0.312 e. The molecule has 0 bridgehead atoms. The Morgan fingerprint density at radius 2 is 2.18 bits per heavy atom. The predicted molar refractivity (Wildman–Crippen MR) is 68.0 cm³/mol. The van der Waals surface area contributed by atoms with E-state index in [1.165, 1.54) is 0 Å². The molecule has 6 heteroatoms. The lowest BCUT2D eigenvalue weighted by atomic mass is 10.1. The van der Waals surface area contributed by atoms with Crippen LogP contribution in [0.4, 0.5) is 0 Å². The van der Waals surface area contributed by atoms with Gasteiger partial charge in [-0.05, 0) is 38.6 Å². The Labute approximate surface area is 104 Å². The molecule has 2 aliphatic heterocycles. The van der Waals surface area contributed by atoms with Gasteiger partial charge in [0.2, 0.25) is 0 Å². The van der Waals surface area contributed by atoms with Crippen molar-refractivity contribution in [3.8, 4) is 0 Å². The van der Waals surface area contributed by atoms with E-state index in [-0.39, 0.29) is 6.04 Å². The van der Waals surface area contributed by atoms with Gasteiger partial charge in [-0.15, -0.1) is 0 Å². The maximum atomic E-state index is 12.1. The molecule has 0 amide bonds. The highest BCUT2D eigenvalue weighted by Gasteiger charge is 2.39. The molecule has 2 N–H and O–H groups in total. The molecule has 100 valence electrons. The second-order valence-corrected chi connectivity index (χ2v) is 6.63. The fourth-order valence-corrected chi connectivity index (χ4v) is 4.43. The Balaban J connectivity index is 2.03. The third-order valence-electron chi connectivity index (χ3n) is 3.65. The van der Waals surface area contributed by atoms with E-state index in [4.69, 9.17) is 0 Å². The highest BCUT2D eigenvalue weighted by Crippen LogP contribution is 2.26. The zero-order valence-corrected chi connectivity index (χ0v) is 11.3. The van der Waals surface area contributed by atoms with E-state index in [1.807, 2.05) is 6.92 Å². The van der Waals surface area contributed by atoms with Crippen LogP contribution in [0.5, 0.6) is 0 Å². The number of rotatable bonds is 5. The van der Waals surface area contributed by atoms with Crippen LogP contribution in [-0.4, -0.2) is 44.4 Å². The molecule has 0 aromatic heterocycles. The molecule has 0 aromatic carbocycles. The lowest BCUT2D eigenvalue weighted by molar-refractivity contribution is 0.318. The summed E-state index contributed by atoms with van der Waals surface area (Å²) in [6, 6.07) is 0.516. The molecule has 0 radical (unpaired) electrons. The van der Waals surface area contributed by atoms with Crippen LogP contribution in [0.2, 0.25) is 0 Å². The van der Waals surface area contributed by atoms with Crippen LogP contribution >= 0.6 is 0 Å². The summed E-state index contributed by atoms with van der Waals surface area (Å²) in [5, 5.41) is 3.42. The molecule has 0 aliphatic carbocycles. The first kappa shape index (κ1) is 13.3. The van der Waals surface area contributed by atoms with Gasteiger partial charge >= 0.3 is 0 Å². The Morgan fingerprint density at radius 3 is 2.82 bits per heavy atom. The summed E-state index contributed by atoms with van der Waals surface area (Å²) in [7, 11) is -3.27. The molecule has 2 unspecified atom stereocenters. The maximum Gasteiger partial charge on any atom is 0.279 e. The summed E-state index contributed by atoms with van der Waals surface area (Å²) < 4.78 is 28.6. The number of nitrogens with zero attached hydrogens (tertiary/aromatic N) is 1. The monoisotopic (exact) mass is 261 g/mol. The second-order valence-electron chi connectivity index (χ2n) is 4.92. The van der Waals surface area contributed by atoms with Crippen molar-refractivity contribution < 1.29 is 8.42 Å². The number of hydrogen-bond donors (Lipinski definition) is 2. The van der Waals surface area contributed by atoms with E-state index in [1.54, 1.807) is 4.31 Å². The van der Waals surface area contributed by atoms with E-state index in [9.17, 15) is 8.42 Å². The van der Waals surface area contributed by atoms with Crippen molar-refractivity contribution in [3.05, 3.63) is 0 Å². The minimum atomic E-state index is -3.27. The van der Waals surface area contributed by atoms with Gasteiger partial charge in [0, 0.05) is 25.2 Å².